The predicted molar refractivity (Wildman–Crippen MR) is 96.5 cm³/mol. The van der Waals surface area contributed by atoms with E-state index in [1.165, 1.54) is 22.3 Å². The van der Waals surface area contributed by atoms with E-state index in [0.717, 1.165) is 23.9 Å². The number of rotatable bonds is 4. The summed E-state index contributed by atoms with van der Waals surface area (Å²) in [5.74, 6) is 0. The fourth-order valence-corrected chi connectivity index (χ4v) is 5.38. The van der Waals surface area contributed by atoms with Gasteiger partial charge in [0.25, 0.3) is 0 Å². The van der Waals surface area contributed by atoms with Crippen molar-refractivity contribution < 1.29 is 5.11 Å². The van der Waals surface area contributed by atoms with Crippen LogP contribution < -0.4 is 0 Å². The Bertz CT molecular complexity index is 774. The van der Waals surface area contributed by atoms with Crippen LogP contribution >= 0.6 is 15.9 Å². The zero-order valence-corrected chi connectivity index (χ0v) is 15.2. The second-order valence-electron chi connectivity index (χ2n) is 6.75. The summed E-state index contributed by atoms with van der Waals surface area (Å²) in [7, 11) is 0. The van der Waals surface area contributed by atoms with E-state index < -0.39 is 0 Å². The molecule has 2 aromatic rings. The average Bonchev–Trinajstić information content (AvgIpc) is 2.92. The number of nitrogens with zero attached hydrogens (tertiary/aromatic N) is 1. The van der Waals surface area contributed by atoms with Gasteiger partial charge in [-0.15, -0.1) is 0 Å². The SMILES string of the molecule is CCC12c3ccccc3C(C)(c3cc(Br)ccc31)N2CCCO. The van der Waals surface area contributed by atoms with Crippen LogP contribution in [0.25, 0.3) is 0 Å². The maximum Gasteiger partial charge on any atom is 0.0729 e. The predicted octanol–water partition coefficient (Wildman–Crippen LogP) is 4.38. The summed E-state index contributed by atoms with van der Waals surface area (Å²) in [6, 6.07) is 15.6. The first-order chi connectivity index (χ1) is 11.1. The first-order valence-electron chi connectivity index (χ1n) is 8.39. The molecule has 4 rings (SSSR count). The molecule has 0 aliphatic carbocycles. The average molecular weight is 372 g/mol. The van der Waals surface area contributed by atoms with Gasteiger partial charge in [0.15, 0.2) is 0 Å². The van der Waals surface area contributed by atoms with E-state index in [9.17, 15) is 5.11 Å². The van der Waals surface area contributed by atoms with Gasteiger partial charge in [-0.2, -0.15) is 0 Å². The molecule has 0 fully saturated rings. The normalized spacial score (nSPS) is 28.0. The van der Waals surface area contributed by atoms with E-state index in [1.54, 1.807) is 0 Å². The molecule has 2 aliphatic rings. The van der Waals surface area contributed by atoms with Crippen molar-refractivity contribution in [3.63, 3.8) is 0 Å². The van der Waals surface area contributed by atoms with Crippen LogP contribution in [0.5, 0.6) is 0 Å². The molecule has 2 aromatic carbocycles. The minimum Gasteiger partial charge on any atom is -0.396 e. The number of hydrogen-bond acceptors (Lipinski definition) is 2. The lowest BCUT2D eigenvalue weighted by atomic mass is 9.72. The van der Waals surface area contributed by atoms with Gasteiger partial charge < -0.3 is 5.11 Å². The van der Waals surface area contributed by atoms with Gasteiger partial charge in [-0.25, -0.2) is 0 Å². The van der Waals surface area contributed by atoms with Crippen LogP contribution in [0.3, 0.4) is 0 Å². The topological polar surface area (TPSA) is 23.5 Å². The highest BCUT2D eigenvalue weighted by Crippen LogP contribution is 2.64. The standard InChI is InChI=1S/C20H22BrNO/c1-3-20-16-8-5-4-7-15(16)19(2,22(20)11-6-12-23)18-13-14(21)9-10-17(18)20/h4-5,7-10,13,23H,3,6,11-12H2,1-2H3. The third kappa shape index (κ3) is 1.71. The Hall–Kier alpha value is -1.16. The fourth-order valence-electron chi connectivity index (χ4n) is 5.02. The van der Waals surface area contributed by atoms with Crippen molar-refractivity contribution >= 4 is 15.9 Å². The highest BCUT2D eigenvalue weighted by molar-refractivity contribution is 9.10. The van der Waals surface area contributed by atoms with Crippen LogP contribution in [-0.2, 0) is 11.1 Å². The van der Waals surface area contributed by atoms with E-state index in [4.69, 9.17) is 0 Å². The van der Waals surface area contributed by atoms with E-state index in [2.05, 4.69) is 77.1 Å². The van der Waals surface area contributed by atoms with Crippen molar-refractivity contribution in [2.45, 2.75) is 37.8 Å². The van der Waals surface area contributed by atoms with Gasteiger partial charge >= 0.3 is 0 Å². The van der Waals surface area contributed by atoms with Crippen LogP contribution in [-0.4, -0.2) is 23.2 Å². The molecule has 2 aliphatic heterocycles. The Morgan fingerprint density at radius 2 is 1.74 bits per heavy atom. The van der Waals surface area contributed by atoms with Crippen LogP contribution in [0.2, 0.25) is 0 Å². The van der Waals surface area contributed by atoms with Gasteiger partial charge in [-0.3, -0.25) is 4.90 Å². The summed E-state index contributed by atoms with van der Waals surface area (Å²) in [6.45, 7) is 5.77. The Kier molecular flexibility index (Phi) is 3.45. The molecule has 0 aromatic heterocycles. The lowest BCUT2D eigenvalue weighted by Crippen LogP contribution is -2.44. The summed E-state index contributed by atoms with van der Waals surface area (Å²) in [4.78, 5) is 2.62. The zero-order valence-electron chi connectivity index (χ0n) is 13.6. The van der Waals surface area contributed by atoms with E-state index in [0.29, 0.717) is 0 Å². The van der Waals surface area contributed by atoms with Gasteiger partial charge in [0.2, 0.25) is 0 Å². The minimum atomic E-state index is -0.110. The van der Waals surface area contributed by atoms with Gasteiger partial charge in [-0.05, 0) is 54.2 Å². The molecule has 120 valence electrons. The summed E-state index contributed by atoms with van der Waals surface area (Å²) < 4.78 is 1.14. The molecule has 2 atom stereocenters. The molecule has 23 heavy (non-hydrogen) atoms. The van der Waals surface area contributed by atoms with Crippen LogP contribution in [0.4, 0.5) is 0 Å². The zero-order chi connectivity index (χ0) is 16.2. The molecule has 3 heteroatoms. The maximum absolute atomic E-state index is 9.40. The van der Waals surface area contributed by atoms with E-state index in [-0.39, 0.29) is 17.7 Å². The first-order valence-corrected chi connectivity index (χ1v) is 9.19. The molecule has 2 unspecified atom stereocenters. The van der Waals surface area contributed by atoms with Crippen molar-refractivity contribution in [1.82, 2.24) is 4.90 Å². The second kappa shape index (κ2) is 5.17. The third-order valence-corrected chi connectivity index (χ3v) is 6.39. The highest BCUT2D eigenvalue weighted by atomic mass is 79.9. The van der Waals surface area contributed by atoms with E-state index >= 15 is 0 Å². The molecule has 1 N–H and O–H groups in total. The number of halogens is 1. The van der Waals surface area contributed by atoms with E-state index in [1.807, 2.05) is 0 Å². The second-order valence-corrected chi connectivity index (χ2v) is 7.67. The van der Waals surface area contributed by atoms with Crippen molar-refractivity contribution in [3.8, 4) is 0 Å². The largest absolute Gasteiger partial charge is 0.396 e. The van der Waals surface area contributed by atoms with Crippen LogP contribution in [0.1, 0.15) is 48.9 Å². The molecule has 2 bridgehead atoms. The molecule has 0 spiro atoms. The van der Waals surface area contributed by atoms with Crippen molar-refractivity contribution in [3.05, 3.63) is 69.2 Å². The number of benzene rings is 2. The smallest absolute Gasteiger partial charge is 0.0729 e. The molecular formula is C20H22BrNO. The summed E-state index contributed by atoms with van der Waals surface area (Å²) in [5, 5.41) is 9.40. The van der Waals surface area contributed by atoms with Crippen LogP contribution in [0, 0.1) is 0 Å². The first kappa shape index (κ1) is 15.4. The molecule has 0 saturated carbocycles. The maximum atomic E-state index is 9.40. The number of fused-ring (bicyclic) bond motifs is 8. The lowest BCUT2D eigenvalue weighted by Gasteiger charge is -2.38. The molecule has 0 amide bonds. The van der Waals surface area contributed by atoms with Gasteiger partial charge in [0, 0.05) is 17.6 Å². The van der Waals surface area contributed by atoms with Gasteiger partial charge in [0.1, 0.15) is 0 Å². The summed E-state index contributed by atoms with van der Waals surface area (Å²) in [6.07, 6.45) is 1.85. The number of aliphatic hydroxyl groups is 1. The number of hydrogen-bond donors (Lipinski definition) is 1. The molecule has 2 heterocycles. The molecular weight excluding hydrogens is 350 g/mol. The third-order valence-electron chi connectivity index (χ3n) is 5.90. The molecule has 0 radical (unpaired) electrons. The Labute approximate surface area is 146 Å². The van der Waals surface area contributed by atoms with Crippen LogP contribution in [0.15, 0.2) is 46.9 Å². The lowest BCUT2D eigenvalue weighted by molar-refractivity contribution is 0.0739. The Morgan fingerprint density at radius 1 is 1.04 bits per heavy atom. The fraction of sp³-hybridized carbons (Fsp3) is 0.400. The number of aliphatic hydroxyl groups excluding tert-OH is 1. The monoisotopic (exact) mass is 371 g/mol. The molecule has 0 saturated heterocycles. The molecule has 2 nitrogen and oxygen atoms in total. The quantitative estimate of drug-likeness (QED) is 0.861. The van der Waals surface area contributed by atoms with Gasteiger partial charge in [-0.1, -0.05) is 53.2 Å². The Morgan fingerprint density at radius 3 is 2.43 bits per heavy atom. The van der Waals surface area contributed by atoms with Gasteiger partial charge in [0.05, 0.1) is 11.1 Å². The minimum absolute atomic E-state index is 0.0590. The Balaban J connectivity index is 2.04. The summed E-state index contributed by atoms with van der Waals surface area (Å²) in [5.41, 5.74) is 5.54. The van der Waals surface area contributed by atoms with Crippen molar-refractivity contribution in [2.24, 2.45) is 0 Å². The summed E-state index contributed by atoms with van der Waals surface area (Å²) >= 11 is 3.65. The van der Waals surface area contributed by atoms with Crippen molar-refractivity contribution in [1.29, 1.82) is 0 Å². The van der Waals surface area contributed by atoms with Crippen molar-refractivity contribution in [2.75, 3.05) is 13.2 Å². The highest BCUT2D eigenvalue weighted by Gasteiger charge is 2.63.